The van der Waals surface area contributed by atoms with Gasteiger partial charge in [0, 0.05) is 17.1 Å². The van der Waals surface area contributed by atoms with Crippen LogP contribution >= 0.6 is 11.8 Å². The molecule has 0 unspecified atom stereocenters. The Kier molecular flexibility index (Phi) is 6.25. The molecule has 0 saturated heterocycles. The highest BCUT2D eigenvalue weighted by atomic mass is 32.2. The Balaban J connectivity index is 1.88. The minimum absolute atomic E-state index is 0.0141. The van der Waals surface area contributed by atoms with Crippen LogP contribution in [-0.2, 0) is 11.3 Å². The van der Waals surface area contributed by atoms with Gasteiger partial charge in [0.1, 0.15) is 0 Å². The fourth-order valence-corrected chi connectivity index (χ4v) is 2.90. The van der Waals surface area contributed by atoms with Crippen LogP contribution in [0.2, 0.25) is 0 Å². The van der Waals surface area contributed by atoms with E-state index in [9.17, 15) is 4.79 Å². The Morgan fingerprint density at radius 1 is 1.13 bits per heavy atom. The SMILES string of the molecule is CSc1ccc(CN(C)CC(=O)Nc2ccc(C)cc2C)cc1. The van der Waals surface area contributed by atoms with Crippen LogP contribution in [0.25, 0.3) is 0 Å². The number of carbonyl (C=O) groups excluding carboxylic acids is 1. The average molecular weight is 328 g/mol. The van der Waals surface area contributed by atoms with E-state index in [1.54, 1.807) is 11.8 Å². The first-order chi connectivity index (χ1) is 11.0. The zero-order valence-electron chi connectivity index (χ0n) is 14.2. The topological polar surface area (TPSA) is 32.3 Å². The van der Waals surface area contributed by atoms with E-state index in [1.807, 2.05) is 31.0 Å². The van der Waals surface area contributed by atoms with Crippen LogP contribution in [0.5, 0.6) is 0 Å². The van der Waals surface area contributed by atoms with Gasteiger partial charge in [-0.25, -0.2) is 0 Å². The number of thioether (sulfide) groups is 1. The summed E-state index contributed by atoms with van der Waals surface area (Å²) in [7, 11) is 1.96. The average Bonchev–Trinajstić information content (AvgIpc) is 2.50. The number of aryl methyl sites for hydroxylation is 2. The molecule has 0 saturated carbocycles. The molecule has 0 aliphatic heterocycles. The summed E-state index contributed by atoms with van der Waals surface area (Å²) in [5.74, 6) is 0.0141. The van der Waals surface area contributed by atoms with Gasteiger partial charge in [0.05, 0.1) is 6.54 Å². The van der Waals surface area contributed by atoms with E-state index in [2.05, 4.69) is 48.8 Å². The largest absolute Gasteiger partial charge is 0.325 e. The molecule has 3 nitrogen and oxygen atoms in total. The summed E-state index contributed by atoms with van der Waals surface area (Å²) in [5, 5.41) is 2.99. The second-order valence-corrected chi connectivity index (χ2v) is 6.77. The summed E-state index contributed by atoms with van der Waals surface area (Å²) >= 11 is 1.73. The van der Waals surface area contributed by atoms with Crippen LogP contribution in [0.1, 0.15) is 16.7 Å². The molecule has 0 atom stereocenters. The minimum Gasteiger partial charge on any atom is -0.325 e. The van der Waals surface area contributed by atoms with Crippen molar-refractivity contribution in [3.8, 4) is 0 Å². The van der Waals surface area contributed by atoms with Crippen molar-refractivity contribution in [1.29, 1.82) is 0 Å². The van der Waals surface area contributed by atoms with Crippen molar-refractivity contribution in [2.75, 3.05) is 25.2 Å². The number of carbonyl (C=O) groups is 1. The van der Waals surface area contributed by atoms with Crippen LogP contribution in [0.4, 0.5) is 5.69 Å². The minimum atomic E-state index is 0.0141. The molecule has 0 radical (unpaired) electrons. The number of hydrogen-bond donors (Lipinski definition) is 1. The molecule has 2 aromatic rings. The van der Waals surface area contributed by atoms with E-state index in [0.717, 1.165) is 17.8 Å². The summed E-state index contributed by atoms with van der Waals surface area (Å²) in [6.07, 6.45) is 2.07. The lowest BCUT2D eigenvalue weighted by Crippen LogP contribution is -2.30. The second kappa shape index (κ2) is 8.18. The number of benzene rings is 2. The third-order valence-corrected chi connectivity index (χ3v) is 4.42. The van der Waals surface area contributed by atoms with Crippen LogP contribution < -0.4 is 5.32 Å². The summed E-state index contributed by atoms with van der Waals surface area (Å²) in [4.78, 5) is 15.5. The molecule has 1 N–H and O–H groups in total. The van der Waals surface area contributed by atoms with Crippen molar-refractivity contribution < 1.29 is 4.79 Å². The van der Waals surface area contributed by atoms with Crippen LogP contribution in [0.15, 0.2) is 47.4 Å². The van der Waals surface area contributed by atoms with E-state index in [-0.39, 0.29) is 5.91 Å². The van der Waals surface area contributed by atoms with E-state index in [0.29, 0.717) is 6.54 Å². The fraction of sp³-hybridized carbons (Fsp3) is 0.316. The molecule has 0 aromatic heterocycles. The molecular weight excluding hydrogens is 304 g/mol. The van der Waals surface area contributed by atoms with Crippen molar-refractivity contribution >= 4 is 23.4 Å². The number of nitrogens with one attached hydrogen (secondary N) is 1. The number of hydrogen-bond acceptors (Lipinski definition) is 3. The van der Waals surface area contributed by atoms with E-state index < -0.39 is 0 Å². The highest BCUT2D eigenvalue weighted by Gasteiger charge is 2.09. The highest BCUT2D eigenvalue weighted by molar-refractivity contribution is 7.98. The normalized spacial score (nSPS) is 10.8. The first kappa shape index (κ1) is 17.6. The summed E-state index contributed by atoms with van der Waals surface area (Å²) in [6.45, 7) is 5.20. The highest BCUT2D eigenvalue weighted by Crippen LogP contribution is 2.17. The molecular formula is C19H24N2OS. The van der Waals surface area contributed by atoms with Crippen molar-refractivity contribution in [1.82, 2.24) is 4.90 Å². The zero-order chi connectivity index (χ0) is 16.8. The number of likely N-dealkylation sites (N-methyl/N-ethyl adjacent to an activating group) is 1. The lowest BCUT2D eigenvalue weighted by Gasteiger charge is -2.17. The second-order valence-electron chi connectivity index (χ2n) is 5.89. The first-order valence-electron chi connectivity index (χ1n) is 7.66. The molecule has 0 bridgehead atoms. The van der Waals surface area contributed by atoms with Crippen molar-refractivity contribution in [3.05, 3.63) is 59.2 Å². The number of anilines is 1. The third-order valence-electron chi connectivity index (χ3n) is 3.68. The van der Waals surface area contributed by atoms with Gasteiger partial charge in [-0.2, -0.15) is 0 Å². The first-order valence-corrected chi connectivity index (χ1v) is 8.89. The van der Waals surface area contributed by atoms with Gasteiger partial charge < -0.3 is 5.32 Å². The van der Waals surface area contributed by atoms with Crippen LogP contribution in [-0.4, -0.2) is 30.7 Å². The van der Waals surface area contributed by atoms with Gasteiger partial charge in [-0.3, -0.25) is 9.69 Å². The predicted octanol–water partition coefficient (Wildman–Crippen LogP) is 4.10. The molecule has 0 heterocycles. The smallest absolute Gasteiger partial charge is 0.238 e. The summed E-state index contributed by atoms with van der Waals surface area (Å²) in [6, 6.07) is 14.5. The molecule has 0 aliphatic rings. The molecule has 1 amide bonds. The van der Waals surface area contributed by atoms with E-state index >= 15 is 0 Å². The Morgan fingerprint density at radius 3 is 2.43 bits per heavy atom. The summed E-state index contributed by atoms with van der Waals surface area (Å²) < 4.78 is 0. The number of nitrogens with zero attached hydrogens (tertiary/aromatic N) is 1. The van der Waals surface area contributed by atoms with Crippen LogP contribution in [0, 0.1) is 13.8 Å². The Bertz CT molecular complexity index is 668. The molecule has 2 aromatic carbocycles. The lowest BCUT2D eigenvalue weighted by molar-refractivity contribution is -0.117. The lowest BCUT2D eigenvalue weighted by atomic mass is 10.1. The van der Waals surface area contributed by atoms with E-state index in [4.69, 9.17) is 0 Å². The molecule has 0 spiro atoms. The molecule has 0 fully saturated rings. The molecule has 4 heteroatoms. The molecule has 23 heavy (non-hydrogen) atoms. The summed E-state index contributed by atoms with van der Waals surface area (Å²) in [5.41, 5.74) is 4.39. The van der Waals surface area contributed by atoms with Gasteiger partial charge in [-0.1, -0.05) is 29.8 Å². The van der Waals surface area contributed by atoms with Crippen molar-refractivity contribution in [3.63, 3.8) is 0 Å². The van der Waals surface area contributed by atoms with Gasteiger partial charge in [-0.15, -0.1) is 11.8 Å². The number of amides is 1. The van der Waals surface area contributed by atoms with Gasteiger partial charge in [-0.05, 0) is 56.5 Å². The van der Waals surface area contributed by atoms with Gasteiger partial charge >= 0.3 is 0 Å². The maximum atomic E-state index is 12.2. The predicted molar refractivity (Wildman–Crippen MR) is 99.1 cm³/mol. The molecule has 0 aliphatic carbocycles. The van der Waals surface area contributed by atoms with E-state index in [1.165, 1.54) is 16.0 Å². The maximum Gasteiger partial charge on any atom is 0.238 e. The Hall–Kier alpha value is -1.78. The molecule has 2 rings (SSSR count). The third kappa shape index (κ3) is 5.41. The monoisotopic (exact) mass is 328 g/mol. The molecule has 122 valence electrons. The van der Waals surface area contributed by atoms with Crippen molar-refractivity contribution in [2.24, 2.45) is 0 Å². The zero-order valence-corrected chi connectivity index (χ0v) is 15.0. The van der Waals surface area contributed by atoms with Gasteiger partial charge in [0.2, 0.25) is 5.91 Å². The van der Waals surface area contributed by atoms with Crippen LogP contribution in [0.3, 0.4) is 0 Å². The van der Waals surface area contributed by atoms with Crippen molar-refractivity contribution in [2.45, 2.75) is 25.3 Å². The Morgan fingerprint density at radius 2 is 1.83 bits per heavy atom. The number of rotatable bonds is 6. The van der Waals surface area contributed by atoms with Gasteiger partial charge in [0.25, 0.3) is 0 Å². The standard InChI is InChI=1S/C19H24N2OS/c1-14-5-10-18(15(2)11-14)20-19(22)13-21(3)12-16-6-8-17(23-4)9-7-16/h5-11H,12-13H2,1-4H3,(H,20,22). The Labute approximate surface area is 143 Å². The van der Waals surface area contributed by atoms with Gasteiger partial charge in [0.15, 0.2) is 0 Å². The fourth-order valence-electron chi connectivity index (χ4n) is 2.49. The maximum absolute atomic E-state index is 12.2. The quantitative estimate of drug-likeness (QED) is 0.811.